The Morgan fingerprint density at radius 3 is 2.88 bits per heavy atom. The van der Waals surface area contributed by atoms with Crippen LogP contribution in [0.2, 0.25) is 5.02 Å². The van der Waals surface area contributed by atoms with Crippen LogP contribution in [0.25, 0.3) is 0 Å². The Morgan fingerprint density at radius 2 is 2.29 bits per heavy atom. The number of hydrogen-bond donors (Lipinski definition) is 2. The van der Waals surface area contributed by atoms with E-state index >= 15 is 0 Å². The topological polar surface area (TPSA) is 94.0 Å². The highest BCUT2D eigenvalue weighted by atomic mass is 35.5. The standard InChI is InChI=1S/C10H9ClN4O2/c1-5-13-10(17-15-5)14-9(16)8-6(11)3-2-4-7(8)12/h2-4H,12H2,1H3,(H,13,14,15,16). The predicted octanol–water partition coefficient (Wildman–Crippen LogP) is 1.87. The summed E-state index contributed by atoms with van der Waals surface area (Å²) in [6, 6.07) is 4.82. The molecule has 3 N–H and O–H groups in total. The lowest BCUT2D eigenvalue weighted by Crippen LogP contribution is -2.14. The van der Waals surface area contributed by atoms with Crippen LogP contribution in [0.4, 0.5) is 11.7 Å². The monoisotopic (exact) mass is 252 g/mol. The van der Waals surface area contributed by atoms with Gasteiger partial charge in [0.1, 0.15) is 0 Å². The van der Waals surface area contributed by atoms with E-state index in [0.717, 1.165) is 0 Å². The second-order valence-electron chi connectivity index (χ2n) is 3.30. The van der Waals surface area contributed by atoms with Crippen molar-refractivity contribution in [3.05, 3.63) is 34.6 Å². The number of nitrogen functional groups attached to an aromatic ring is 1. The lowest BCUT2D eigenvalue weighted by Gasteiger charge is -2.05. The molecule has 2 rings (SSSR count). The zero-order valence-corrected chi connectivity index (χ0v) is 9.65. The lowest BCUT2D eigenvalue weighted by molar-refractivity contribution is 0.102. The van der Waals surface area contributed by atoms with Crippen LogP contribution < -0.4 is 11.1 Å². The normalized spacial score (nSPS) is 10.2. The molecule has 0 spiro atoms. The minimum absolute atomic E-state index is 0.00631. The van der Waals surface area contributed by atoms with Crippen molar-refractivity contribution in [2.24, 2.45) is 0 Å². The highest BCUT2D eigenvalue weighted by Gasteiger charge is 2.16. The van der Waals surface area contributed by atoms with Gasteiger partial charge in [-0.15, -0.1) is 0 Å². The molecular formula is C10H9ClN4O2. The van der Waals surface area contributed by atoms with Gasteiger partial charge >= 0.3 is 6.01 Å². The molecule has 6 nitrogen and oxygen atoms in total. The Morgan fingerprint density at radius 1 is 1.53 bits per heavy atom. The molecule has 0 saturated carbocycles. The predicted molar refractivity (Wildman–Crippen MR) is 62.9 cm³/mol. The molecule has 1 aromatic carbocycles. The van der Waals surface area contributed by atoms with Gasteiger partial charge in [-0.05, 0) is 19.1 Å². The first-order chi connectivity index (χ1) is 8.08. The summed E-state index contributed by atoms with van der Waals surface area (Å²) in [5, 5.41) is 6.22. The summed E-state index contributed by atoms with van der Waals surface area (Å²) in [6.45, 7) is 1.64. The number of halogens is 1. The van der Waals surface area contributed by atoms with Crippen molar-refractivity contribution in [2.75, 3.05) is 11.1 Å². The Bertz CT molecular complexity index is 547. The maximum atomic E-state index is 11.9. The third kappa shape index (κ3) is 2.36. The largest absolute Gasteiger partial charge is 0.398 e. The molecule has 1 amide bonds. The molecule has 2 aromatic rings. The summed E-state index contributed by atoms with van der Waals surface area (Å²) in [5.41, 5.74) is 6.14. The fourth-order valence-corrected chi connectivity index (χ4v) is 1.56. The van der Waals surface area contributed by atoms with Gasteiger partial charge in [-0.25, -0.2) is 0 Å². The number of aromatic nitrogens is 2. The van der Waals surface area contributed by atoms with E-state index in [4.69, 9.17) is 21.9 Å². The van der Waals surface area contributed by atoms with E-state index in [0.29, 0.717) is 5.82 Å². The molecule has 0 unspecified atom stereocenters. The number of benzene rings is 1. The Balaban J connectivity index is 2.26. The summed E-state index contributed by atoms with van der Waals surface area (Å²) in [5.74, 6) is -0.0656. The molecule has 0 bridgehead atoms. The second-order valence-corrected chi connectivity index (χ2v) is 3.71. The van der Waals surface area contributed by atoms with Crippen LogP contribution in [0.5, 0.6) is 0 Å². The SMILES string of the molecule is Cc1noc(NC(=O)c2c(N)cccc2Cl)n1. The quantitative estimate of drug-likeness (QED) is 0.796. The Kier molecular flexibility index (Phi) is 2.97. The molecule has 0 aliphatic carbocycles. The molecule has 7 heteroatoms. The number of nitrogens with two attached hydrogens (primary N) is 1. The average molecular weight is 253 g/mol. The van der Waals surface area contributed by atoms with Gasteiger partial charge in [-0.2, -0.15) is 4.98 Å². The number of carbonyl (C=O) groups is 1. The number of nitrogens with zero attached hydrogens (tertiary/aromatic N) is 2. The number of nitrogens with one attached hydrogen (secondary N) is 1. The zero-order valence-electron chi connectivity index (χ0n) is 8.90. The van der Waals surface area contributed by atoms with E-state index < -0.39 is 5.91 Å². The number of aryl methyl sites for hydroxylation is 1. The van der Waals surface area contributed by atoms with Crippen molar-refractivity contribution in [3.63, 3.8) is 0 Å². The summed E-state index contributed by atoms with van der Waals surface area (Å²) < 4.78 is 4.76. The number of rotatable bonds is 2. The van der Waals surface area contributed by atoms with Crippen molar-refractivity contribution >= 4 is 29.2 Å². The molecule has 1 heterocycles. The number of anilines is 2. The summed E-state index contributed by atoms with van der Waals surface area (Å²) in [7, 11) is 0. The van der Waals surface area contributed by atoms with Crippen LogP contribution in [0.1, 0.15) is 16.2 Å². The highest BCUT2D eigenvalue weighted by molar-refractivity contribution is 6.35. The highest BCUT2D eigenvalue weighted by Crippen LogP contribution is 2.22. The molecule has 0 saturated heterocycles. The van der Waals surface area contributed by atoms with Crippen molar-refractivity contribution in [1.29, 1.82) is 0 Å². The van der Waals surface area contributed by atoms with Crippen LogP contribution in [0, 0.1) is 6.92 Å². The fourth-order valence-electron chi connectivity index (χ4n) is 1.29. The van der Waals surface area contributed by atoms with Crippen molar-refractivity contribution < 1.29 is 9.32 Å². The van der Waals surface area contributed by atoms with Crippen LogP contribution in [-0.4, -0.2) is 16.0 Å². The minimum atomic E-state index is -0.489. The maximum absolute atomic E-state index is 11.9. The first-order valence-corrected chi connectivity index (χ1v) is 5.11. The number of carbonyl (C=O) groups excluding carboxylic acids is 1. The summed E-state index contributed by atoms with van der Waals surface area (Å²) >= 11 is 5.89. The van der Waals surface area contributed by atoms with Gasteiger partial charge in [0.05, 0.1) is 10.6 Å². The molecule has 0 aliphatic rings. The molecule has 0 radical (unpaired) electrons. The lowest BCUT2D eigenvalue weighted by atomic mass is 10.1. The van der Waals surface area contributed by atoms with Gasteiger partial charge in [0, 0.05) is 5.69 Å². The van der Waals surface area contributed by atoms with Crippen LogP contribution >= 0.6 is 11.6 Å². The third-order valence-corrected chi connectivity index (χ3v) is 2.34. The average Bonchev–Trinajstić information content (AvgIpc) is 2.63. The van der Waals surface area contributed by atoms with Gasteiger partial charge in [-0.3, -0.25) is 10.1 Å². The Hall–Kier alpha value is -2.08. The first kappa shape index (κ1) is 11.4. The maximum Gasteiger partial charge on any atom is 0.328 e. The van der Waals surface area contributed by atoms with Gasteiger partial charge in [-0.1, -0.05) is 22.8 Å². The molecule has 17 heavy (non-hydrogen) atoms. The van der Waals surface area contributed by atoms with Crippen LogP contribution in [0.3, 0.4) is 0 Å². The van der Waals surface area contributed by atoms with Gasteiger partial charge in [0.15, 0.2) is 5.82 Å². The van der Waals surface area contributed by atoms with Crippen molar-refractivity contribution in [3.8, 4) is 0 Å². The second kappa shape index (κ2) is 4.42. The van der Waals surface area contributed by atoms with Gasteiger partial charge < -0.3 is 10.3 Å². The Labute approximate surface area is 102 Å². The van der Waals surface area contributed by atoms with E-state index in [1.165, 1.54) is 0 Å². The molecule has 1 aromatic heterocycles. The third-order valence-electron chi connectivity index (χ3n) is 2.02. The minimum Gasteiger partial charge on any atom is -0.398 e. The van der Waals surface area contributed by atoms with E-state index in [-0.39, 0.29) is 22.3 Å². The van der Waals surface area contributed by atoms with E-state index in [2.05, 4.69) is 15.5 Å². The smallest absolute Gasteiger partial charge is 0.328 e. The summed E-state index contributed by atoms with van der Waals surface area (Å²) in [4.78, 5) is 15.7. The zero-order chi connectivity index (χ0) is 12.4. The molecular weight excluding hydrogens is 244 g/mol. The molecule has 0 aliphatic heterocycles. The summed E-state index contributed by atoms with van der Waals surface area (Å²) in [6.07, 6.45) is 0. The van der Waals surface area contributed by atoms with Gasteiger partial charge in [0.2, 0.25) is 0 Å². The van der Waals surface area contributed by atoms with Crippen molar-refractivity contribution in [2.45, 2.75) is 6.92 Å². The molecule has 88 valence electrons. The van der Waals surface area contributed by atoms with Crippen molar-refractivity contribution in [1.82, 2.24) is 10.1 Å². The molecule has 0 atom stereocenters. The van der Waals surface area contributed by atoms with Crippen LogP contribution in [0.15, 0.2) is 22.7 Å². The van der Waals surface area contributed by atoms with E-state index in [1.807, 2.05) is 0 Å². The fraction of sp³-hybridized carbons (Fsp3) is 0.100. The van der Waals surface area contributed by atoms with E-state index in [9.17, 15) is 4.79 Å². The first-order valence-electron chi connectivity index (χ1n) is 4.73. The molecule has 0 fully saturated rings. The number of amides is 1. The van der Waals surface area contributed by atoms with Gasteiger partial charge in [0.25, 0.3) is 5.91 Å². The number of hydrogen-bond acceptors (Lipinski definition) is 5. The van der Waals surface area contributed by atoms with E-state index in [1.54, 1.807) is 25.1 Å². The van der Waals surface area contributed by atoms with Crippen LogP contribution in [-0.2, 0) is 0 Å².